The minimum Gasteiger partial charge on any atom is -0.444 e. The molecule has 0 saturated carbocycles. The molecule has 0 heterocycles. The summed E-state index contributed by atoms with van der Waals surface area (Å²) >= 11 is 0. The van der Waals surface area contributed by atoms with Crippen LogP contribution in [0.2, 0.25) is 0 Å². The molecule has 0 saturated heterocycles. The summed E-state index contributed by atoms with van der Waals surface area (Å²) in [7, 11) is 0. The summed E-state index contributed by atoms with van der Waals surface area (Å²) in [5, 5.41) is 2.78. The third-order valence-corrected chi connectivity index (χ3v) is 2.45. The van der Waals surface area contributed by atoms with E-state index >= 15 is 0 Å². The second kappa shape index (κ2) is 44.2. The van der Waals surface area contributed by atoms with Crippen molar-refractivity contribution in [2.24, 2.45) is 0 Å². The lowest BCUT2D eigenvalue weighted by molar-refractivity contribution is 0.0527. The fraction of sp³-hybridized carbons (Fsp3) is 0.929. The first kappa shape index (κ1) is 40.3. The lowest BCUT2D eigenvalue weighted by atomic mass is 10.1. The second-order valence-electron chi connectivity index (χ2n) is 5.55. The van der Waals surface area contributed by atoms with Crippen molar-refractivity contribution in [3.05, 3.63) is 0 Å². The van der Waals surface area contributed by atoms with E-state index in [1.807, 2.05) is 20.8 Å². The van der Waals surface area contributed by atoms with Crippen LogP contribution in [0.3, 0.4) is 0 Å². The molecule has 0 bridgehead atoms. The largest absolute Gasteiger partial charge is 0.444 e. The minimum atomic E-state index is -0.399. The van der Waals surface area contributed by atoms with Gasteiger partial charge in [0.15, 0.2) is 0 Å². The Labute approximate surface area is 152 Å². The molecule has 0 aromatic carbocycles. The standard InChI is InChI=1S/C14H29NO2.5F2/c1-5-6-7-8-9-10-11-12-15-13(16)17-14(2,3)4;5*1-2/h5-12H2,1-4H3,(H,15,16);;;;;. The van der Waals surface area contributed by atoms with E-state index in [-0.39, 0.29) is 6.09 Å². The van der Waals surface area contributed by atoms with Crippen molar-refractivity contribution in [2.45, 2.75) is 78.2 Å². The van der Waals surface area contributed by atoms with Crippen LogP contribution in [0.5, 0.6) is 0 Å². The first-order chi connectivity index (χ1) is 13.0. The van der Waals surface area contributed by atoms with Gasteiger partial charge in [0.1, 0.15) is 5.60 Å². The molecule has 0 unspecified atom stereocenters. The Morgan fingerprint density at radius 3 is 1.37 bits per heavy atom. The summed E-state index contributed by atoms with van der Waals surface area (Å²) in [5.41, 5.74) is -0.399. The molecule has 0 aromatic rings. The number of rotatable bonds is 8. The molecule has 0 rings (SSSR count). The van der Waals surface area contributed by atoms with Gasteiger partial charge in [0.05, 0.1) is 0 Å². The molecule has 0 atom stereocenters. The fourth-order valence-electron chi connectivity index (χ4n) is 1.59. The van der Waals surface area contributed by atoms with Crippen molar-refractivity contribution in [2.75, 3.05) is 6.54 Å². The Bertz CT molecular complexity index is 223. The van der Waals surface area contributed by atoms with Gasteiger partial charge in [-0.25, -0.2) is 4.79 Å². The number of hydrogen-bond acceptors (Lipinski definition) is 2. The number of ether oxygens (including phenoxy) is 1. The molecule has 0 aromatic heterocycles. The average Bonchev–Trinajstić information content (AvgIpc) is 2.70. The van der Waals surface area contributed by atoms with E-state index in [4.69, 9.17) is 50.5 Å². The third kappa shape index (κ3) is 68.0. The predicted molar refractivity (Wildman–Crippen MR) is 83.3 cm³/mol. The number of unbranched alkanes of at least 4 members (excludes halogenated alkanes) is 6. The molecule has 0 aliphatic carbocycles. The molecule has 0 aliphatic rings. The Morgan fingerprint density at radius 1 is 0.704 bits per heavy atom. The van der Waals surface area contributed by atoms with Gasteiger partial charge < -0.3 is 10.1 Å². The van der Waals surface area contributed by atoms with E-state index in [1.54, 1.807) is 0 Å². The van der Waals surface area contributed by atoms with Crippen LogP contribution in [0.15, 0.2) is 0 Å². The van der Waals surface area contributed by atoms with E-state index in [1.165, 1.54) is 38.5 Å². The van der Waals surface area contributed by atoms with Crippen molar-refractivity contribution in [1.29, 1.82) is 0 Å². The number of carbonyl (C=O) groups is 1. The van der Waals surface area contributed by atoms with Crippen LogP contribution in [-0.4, -0.2) is 18.2 Å². The lowest BCUT2D eigenvalue weighted by Crippen LogP contribution is -2.32. The van der Waals surface area contributed by atoms with Gasteiger partial charge in [-0.15, -0.1) is 0 Å². The van der Waals surface area contributed by atoms with Gasteiger partial charge in [-0.05, 0) is 27.2 Å². The van der Waals surface area contributed by atoms with Crippen molar-refractivity contribution in [3.63, 3.8) is 0 Å². The van der Waals surface area contributed by atoms with Crippen molar-refractivity contribution in [1.82, 2.24) is 5.32 Å². The minimum absolute atomic E-state index is 0.302. The average molecular weight is 433 g/mol. The molecular weight excluding hydrogens is 404 g/mol. The second-order valence-corrected chi connectivity index (χ2v) is 5.55. The van der Waals surface area contributed by atoms with Crippen LogP contribution in [-0.2, 0) is 4.74 Å². The molecule has 3 nitrogen and oxygen atoms in total. The summed E-state index contributed by atoms with van der Waals surface area (Å²) in [6.07, 6.45) is 8.51. The number of halogens is 10. The lowest BCUT2D eigenvalue weighted by Gasteiger charge is -2.19. The highest BCUT2D eigenvalue weighted by Crippen LogP contribution is 2.08. The van der Waals surface area contributed by atoms with E-state index in [0.29, 0.717) is 0 Å². The highest BCUT2D eigenvalue weighted by Gasteiger charge is 2.15. The van der Waals surface area contributed by atoms with Gasteiger partial charge in [-0.1, -0.05) is 45.4 Å². The third-order valence-electron chi connectivity index (χ3n) is 2.45. The molecule has 0 radical (unpaired) electrons. The summed E-state index contributed by atoms with van der Waals surface area (Å²) in [5.74, 6) is 0. The van der Waals surface area contributed by atoms with Crippen molar-refractivity contribution in [3.8, 4) is 0 Å². The van der Waals surface area contributed by atoms with E-state index in [0.717, 1.165) is 13.0 Å². The maximum Gasteiger partial charge on any atom is 0.407 e. The first-order valence-electron chi connectivity index (χ1n) is 7.64. The monoisotopic (exact) mass is 433 g/mol. The molecule has 0 aliphatic heterocycles. The van der Waals surface area contributed by atoms with Crippen LogP contribution in [0.25, 0.3) is 0 Å². The maximum absolute atomic E-state index is 11.3. The first-order valence-corrected chi connectivity index (χ1v) is 7.64. The zero-order valence-electron chi connectivity index (χ0n) is 15.8. The van der Waals surface area contributed by atoms with Crippen LogP contribution in [0.1, 0.15) is 72.6 Å². The molecule has 172 valence electrons. The van der Waals surface area contributed by atoms with Gasteiger partial charge in [0, 0.05) is 52.3 Å². The number of nitrogens with one attached hydrogen (secondary N) is 1. The van der Waals surface area contributed by atoms with Crippen LogP contribution in [0.4, 0.5) is 50.5 Å². The Morgan fingerprint density at radius 2 is 1.04 bits per heavy atom. The highest BCUT2D eigenvalue weighted by atomic mass is 20.0. The Kier molecular flexibility index (Phi) is 66.0. The molecule has 1 N–H and O–H groups in total. The molecule has 0 spiro atoms. The Hall–Kier alpha value is -1.43. The number of alkyl carbamates (subject to hydrolysis) is 1. The van der Waals surface area contributed by atoms with E-state index in [9.17, 15) is 4.79 Å². The number of hydrogen-bond donors (Lipinski definition) is 1. The van der Waals surface area contributed by atoms with Gasteiger partial charge in [-0.2, -0.15) is 0 Å². The zero-order valence-corrected chi connectivity index (χ0v) is 15.8. The van der Waals surface area contributed by atoms with Crippen molar-refractivity contribution >= 4 is 6.09 Å². The van der Waals surface area contributed by atoms with Gasteiger partial charge in [-0.3, -0.25) is 0 Å². The summed E-state index contributed by atoms with van der Waals surface area (Å²) in [6.45, 7) is 8.58. The topological polar surface area (TPSA) is 38.3 Å². The van der Waals surface area contributed by atoms with E-state index < -0.39 is 5.60 Å². The summed E-state index contributed by atoms with van der Waals surface area (Å²) in [4.78, 5) is 11.3. The van der Waals surface area contributed by atoms with Crippen molar-refractivity contribution < 1.29 is 55.3 Å². The molecule has 27 heavy (non-hydrogen) atoms. The quantitative estimate of drug-likeness (QED) is 0.308. The normalized spacial score (nSPS) is 8.22. The highest BCUT2D eigenvalue weighted by molar-refractivity contribution is 5.67. The Balaban J connectivity index is -0.0000000945. The molecule has 1 amide bonds. The summed E-state index contributed by atoms with van der Waals surface area (Å²) < 4.78 is 85.1. The van der Waals surface area contributed by atoms with Gasteiger partial charge >= 0.3 is 6.09 Å². The van der Waals surface area contributed by atoms with E-state index in [2.05, 4.69) is 12.2 Å². The van der Waals surface area contributed by atoms with Crippen LogP contribution in [0, 0.1) is 0 Å². The van der Waals surface area contributed by atoms with Gasteiger partial charge in [0.2, 0.25) is 0 Å². The summed E-state index contributed by atoms with van der Waals surface area (Å²) in [6, 6.07) is 0. The predicted octanol–water partition coefficient (Wildman–Crippen LogP) is 8.46. The maximum atomic E-state index is 11.3. The number of amides is 1. The molecular formula is C14H29F10NO2. The fourth-order valence-corrected chi connectivity index (χ4v) is 1.59. The van der Waals surface area contributed by atoms with Crippen LogP contribution < -0.4 is 5.32 Å². The molecule has 0 fully saturated rings. The van der Waals surface area contributed by atoms with Gasteiger partial charge in [0.25, 0.3) is 0 Å². The smallest absolute Gasteiger partial charge is 0.407 e. The zero-order chi connectivity index (χ0) is 23.1. The molecule has 13 heteroatoms. The number of carbonyl (C=O) groups excluding carboxylic acids is 1. The van der Waals surface area contributed by atoms with Crippen LogP contribution >= 0.6 is 0 Å². The SMILES string of the molecule is CCCCCCCCCNC(=O)OC(C)(C)C.FF.FF.FF.FF.FF.